The van der Waals surface area contributed by atoms with Gasteiger partial charge in [-0.05, 0) is 36.1 Å². The molecule has 0 spiro atoms. The highest BCUT2D eigenvalue weighted by Gasteiger charge is 2.28. The molecule has 0 radical (unpaired) electrons. The molecule has 2 atom stereocenters. The Labute approximate surface area is 148 Å². The largest absolute Gasteiger partial charge is 0.354 e. The number of nitrogens with one attached hydrogen (secondary N) is 1. The van der Waals surface area contributed by atoms with Crippen molar-refractivity contribution in [3.05, 3.63) is 71.5 Å². The second-order valence-corrected chi connectivity index (χ2v) is 8.46. The van der Waals surface area contributed by atoms with Crippen molar-refractivity contribution in [1.29, 1.82) is 0 Å². The average molecular weight is 363 g/mol. The molecule has 0 bridgehead atoms. The first kappa shape index (κ1) is 19.1. The monoisotopic (exact) mass is 363 g/mol. The van der Waals surface area contributed by atoms with E-state index in [9.17, 15) is 17.6 Å². The first-order chi connectivity index (χ1) is 11.8. The molecule has 2 unspecified atom stereocenters. The van der Waals surface area contributed by atoms with E-state index in [1.165, 1.54) is 31.2 Å². The standard InChI is InChI=1S/C19H22FNO3S/c1-14(17-8-4-3-5-9-17)12-21-19(22)15(2)25(23,24)13-16-7-6-10-18(20)11-16/h3-11,14-15H,12-13H2,1-2H3,(H,21,22). The summed E-state index contributed by atoms with van der Waals surface area (Å²) >= 11 is 0. The predicted molar refractivity (Wildman–Crippen MR) is 96.4 cm³/mol. The summed E-state index contributed by atoms with van der Waals surface area (Å²) in [7, 11) is -3.72. The van der Waals surface area contributed by atoms with Gasteiger partial charge in [-0.25, -0.2) is 12.8 Å². The van der Waals surface area contributed by atoms with Crippen molar-refractivity contribution in [1.82, 2.24) is 5.32 Å². The first-order valence-corrected chi connectivity index (χ1v) is 9.80. The van der Waals surface area contributed by atoms with E-state index in [0.29, 0.717) is 12.1 Å². The highest BCUT2D eigenvalue weighted by molar-refractivity contribution is 7.92. The third kappa shape index (κ3) is 5.39. The minimum absolute atomic E-state index is 0.0725. The van der Waals surface area contributed by atoms with Crippen LogP contribution >= 0.6 is 0 Å². The number of rotatable bonds is 7. The van der Waals surface area contributed by atoms with E-state index in [4.69, 9.17) is 0 Å². The molecule has 0 aliphatic carbocycles. The smallest absolute Gasteiger partial charge is 0.238 e. The third-order valence-corrected chi connectivity index (χ3v) is 6.14. The quantitative estimate of drug-likeness (QED) is 0.822. The van der Waals surface area contributed by atoms with Crippen LogP contribution in [0, 0.1) is 5.82 Å². The summed E-state index contributed by atoms with van der Waals surface area (Å²) in [5, 5.41) is 1.50. The number of carbonyl (C=O) groups is 1. The normalized spacial score (nSPS) is 13.9. The number of carbonyl (C=O) groups excluding carboxylic acids is 1. The number of hydrogen-bond donors (Lipinski definition) is 1. The van der Waals surface area contributed by atoms with Crippen molar-refractivity contribution in [2.24, 2.45) is 0 Å². The molecule has 0 aromatic heterocycles. The van der Waals surface area contributed by atoms with Crippen LogP contribution in [0.15, 0.2) is 54.6 Å². The second-order valence-electron chi connectivity index (χ2n) is 6.14. The maximum Gasteiger partial charge on any atom is 0.238 e. The lowest BCUT2D eigenvalue weighted by Gasteiger charge is -2.16. The molecule has 2 rings (SSSR count). The number of amides is 1. The van der Waals surface area contributed by atoms with Gasteiger partial charge in [-0.2, -0.15) is 0 Å². The Morgan fingerprint density at radius 2 is 1.76 bits per heavy atom. The van der Waals surface area contributed by atoms with Crippen molar-refractivity contribution >= 4 is 15.7 Å². The molecule has 6 heteroatoms. The SMILES string of the molecule is CC(CNC(=O)C(C)S(=O)(=O)Cc1cccc(F)c1)c1ccccc1. The van der Waals surface area contributed by atoms with Crippen LogP contribution in [0.5, 0.6) is 0 Å². The van der Waals surface area contributed by atoms with Crippen LogP contribution in [-0.4, -0.2) is 26.1 Å². The minimum Gasteiger partial charge on any atom is -0.354 e. The summed E-state index contributed by atoms with van der Waals surface area (Å²) in [5.74, 6) is -1.34. The van der Waals surface area contributed by atoms with E-state index in [1.807, 2.05) is 37.3 Å². The lowest BCUT2D eigenvalue weighted by Crippen LogP contribution is -2.39. The van der Waals surface area contributed by atoms with Crippen LogP contribution in [0.25, 0.3) is 0 Å². The molecule has 25 heavy (non-hydrogen) atoms. The van der Waals surface area contributed by atoms with E-state index in [2.05, 4.69) is 5.32 Å². The van der Waals surface area contributed by atoms with Crippen LogP contribution in [0.4, 0.5) is 4.39 Å². The van der Waals surface area contributed by atoms with Gasteiger partial charge in [-0.3, -0.25) is 4.79 Å². The van der Waals surface area contributed by atoms with E-state index < -0.39 is 26.8 Å². The Morgan fingerprint density at radius 1 is 1.08 bits per heavy atom. The Hall–Kier alpha value is -2.21. The fourth-order valence-corrected chi connectivity index (χ4v) is 3.75. The van der Waals surface area contributed by atoms with Crippen molar-refractivity contribution in [3.8, 4) is 0 Å². The average Bonchev–Trinajstić information content (AvgIpc) is 2.59. The zero-order chi connectivity index (χ0) is 18.4. The Balaban J connectivity index is 1.96. The summed E-state index contributed by atoms with van der Waals surface area (Å²) < 4.78 is 38.0. The maximum atomic E-state index is 13.2. The Morgan fingerprint density at radius 3 is 2.40 bits per heavy atom. The van der Waals surface area contributed by atoms with Gasteiger partial charge in [0.1, 0.15) is 11.1 Å². The lowest BCUT2D eigenvalue weighted by molar-refractivity contribution is -0.120. The fraction of sp³-hybridized carbons (Fsp3) is 0.316. The summed E-state index contributed by atoms with van der Waals surface area (Å²) in [6, 6.07) is 15.1. The Kier molecular flexibility index (Phi) is 6.31. The zero-order valence-electron chi connectivity index (χ0n) is 14.3. The van der Waals surface area contributed by atoms with E-state index in [-0.39, 0.29) is 11.7 Å². The highest BCUT2D eigenvalue weighted by atomic mass is 32.2. The van der Waals surface area contributed by atoms with Gasteiger partial charge >= 0.3 is 0 Å². The molecule has 0 heterocycles. The van der Waals surface area contributed by atoms with Crippen molar-refractivity contribution in [2.45, 2.75) is 30.8 Å². The number of hydrogen-bond acceptors (Lipinski definition) is 3. The lowest BCUT2D eigenvalue weighted by atomic mass is 10.0. The van der Waals surface area contributed by atoms with Crippen LogP contribution < -0.4 is 5.32 Å². The van der Waals surface area contributed by atoms with Gasteiger partial charge in [0, 0.05) is 6.54 Å². The van der Waals surface area contributed by atoms with Crippen LogP contribution in [0.2, 0.25) is 0 Å². The van der Waals surface area contributed by atoms with Crippen molar-refractivity contribution in [3.63, 3.8) is 0 Å². The summed E-state index contributed by atoms with van der Waals surface area (Å²) in [4.78, 5) is 12.2. The van der Waals surface area contributed by atoms with Gasteiger partial charge in [0.25, 0.3) is 0 Å². The molecule has 0 saturated heterocycles. The molecular formula is C19H22FNO3S. The molecular weight excluding hydrogens is 341 g/mol. The topological polar surface area (TPSA) is 63.2 Å². The Bertz CT molecular complexity index is 822. The van der Waals surface area contributed by atoms with Crippen LogP contribution in [0.3, 0.4) is 0 Å². The molecule has 0 aliphatic rings. The third-order valence-electron chi connectivity index (χ3n) is 4.12. The molecule has 4 nitrogen and oxygen atoms in total. The first-order valence-electron chi connectivity index (χ1n) is 8.08. The molecule has 134 valence electrons. The van der Waals surface area contributed by atoms with Gasteiger partial charge in [-0.15, -0.1) is 0 Å². The summed E-state index contributed by atoms with van der Waals surface area (Å²) in [5.41, 5.74) is 1.40. The minimum atomic E-state index is -3.72. The highest BCUT2D eigenvalue weighted by Crippen LogP contribution is 2.15. The summed E-state index contributed by atoms with van der Waals surface area (Å²) in [6.45, 7) is 3.67. The van der Waals surface area contributed by atoms with Crippen molar-refractivity contribution < 1.29 is 17.6 Å². The molecule has 0 saturated carbocycles. The van der Waals surface area contributed by atoms with E-state index >= 15 is 0 Å². The molecule has 1 amide bonds. The molecule has 2 aromatic rings. The number of halogens is 1. The van der Waals surface area contributed by atoms with Crippen LogP contribution in [-0.2, 0) is 20.4 Å². The fourth-order valence-electron chi connectivity index (χ4n) is 2.44. The van der Waals surface area contributed by atoms with E-state index in [1.54, 1.807) is 0 Å². The molecule has 0 aliphatic heterocycles. The van der Waals surface area contributed by atoms with Gasteiger partial charge in [0.2, 0.25) is 5.91 Å². The maximum absolute atomic E-state index is 13.2. The molecule has 2 aromatic carbocycles. The van der Waals surface area contributed by atoms with Crippen LogP contribution in [0.1, 0.15) is 30.9 Å². The molecule has 1 N–H and O–H groups in total. The van der Waals surface area contributed by atoms with Gasteiger partial charge in [0.05, 0.1) is 5.75 Å². The summed E-state index contributed by atoms with van der Waals surface area (Å²) in [6.07, 6.45) is 0. The second kappa shape index (κ2) is 8.25. The predicted octanol–water partition coefficient (Wildman–Crippen LogP) is 3.05. The van der Waals surface area contributed by atoms with E-state index in [0.717, 1.165) is 5.56 Å². The van der Waals surface area contributed by atoms with Gasteiger partial charge < -0.3 is 5.32 Å². The number of sulfone groups is 1. The van der Waals surface area contributed by atoms with Gasteiger partial charge in [-0.1, -0.05) is 49.4 Å². The van der Waals surface area contributed by atoms with Crippen molar-refractivity contribution in [2.75, 3.05) is 6.54 Å². The zero-order valence-corrected chi connectivity index (χ0v) is 15.1. The number of benzene rings is 2. The van der Waals surface area contributed by atoms with Gasteiger partial charge in [0.15, 0.2) is 9.84 Å². The molecule has 0 fully saturated rings.